The Kier molecular flexibility index (Phi) is 15.7. The van der Waals surface area contributed by atoms with Gasteiger partial charge in [0, 0.05) is 17.7 Å². The van der Waals surface area contributed by atoms with E-state index in [9.17, 15) is 31.0 Å². The van der Waals surface area contributed by atoms with Gasteiger partial charge in [0.2, 0.25) is 0 Å². The van der Waals surface area contributed by atoms with Crippen LogP contribution in [0.3, 0.4) is 0 Å². The SMILES string of the molecule is COc1cc(CCCS(=O)(=O)[O-])ccc1OC(Cc1cccc(OC)c1O)CS(=O)(=O)[O-].[Ca+2].[O]=[Zn]. The first-order chi connectivity index (χ1) is 15.9. The average molecular weight is 610 g/mol. The number of phenolic OH excluding ortho intramolecular Hbond substituents is 1. The third kappa shape index (κ3) is 12.8. The standard InChI is InChI=1S/C20H26O10S2.Ca.O.Zn/c1-28-18-7-3-6-15(20(18)21)12-16(13-32(25,26)27)30-17-9-8-14(11-19(17)29-2)5-4-10-31(22,23)24;;;/h3,6-9,11,16,21H,4-5,10,12-13H2,1-2H3,(H,22,23,24)(H,25,26,27);;;/q;+2;;/p-2. The topological polar surface area (TPSA) is 179 Å². The van der Waals surface area contributed by atoms with Crippen LogP contribution in [0.25, 0.3) is 0 Å². The number of hydrogen-bond donors (Lipinski definition) is 1. The molecule has 0 saturated heterocycles. The summed E-state index contributed by atoms with van der Waals surface area (Å²) in [5, 5.41) is 10.3. The molecule has 0 heterocycles. The number of phenols is 1. The van der Waals surface area contributed by atoms with E-state index in [4.69, 9.17) is 17.8 Å². The van der Waals surface area contributed by atoms with Gasteiger partial charge in [-0.15, -0.1) is 0 Å². The Balaban J connectivity index is 0.00000375. The molecule has 2 aromatic rings. The fourth-order valence-corrected chi connectivity index (χ4v) is 4.24. The van der Waals surface area contributed by atoms with Crippen molar-refractivity contribution in [2.45, 2.75) is 25.4 Å². The molecule has 1 atom stereocenters. The van der Waals surface area contributed by atoms with Gasteiger partial charge in [-0.05, 0) is 36.6 Å². The molecule has 0 radical (unpaired) electrons. The van der Waals surface area contributed by atoms with Gasteiger partial charge in [-0.3, -0.25) is 0 Å². The normalized spacial score (nSPS) is 11.9. The molecule has 35 heavy (non-hydrogen) atoms. The number of benzene rings is 2. The van der Waals surface area contributed by atoms with Crippen molar-refractivity contribution in [3.63, 3.8) is 0 Å². The first-order valence-corrected chi connectivity index (χ1v) is 14.1. The molecule has 0 fully saturated rings. The summed E-state index contributed by atoms with van der Waals surface area (Å²) >= 11 is 0.125. The number of methoxy groups -OCH3 is 2. The van der Waals surface area contributed by atoms with E-state index in [2.05, 4.69) is 0 Å². The van der Waals surface area contributed by atoms with Gasteiger partial charge in [-0.25, -0.2) is 16.8 Å². The predicted molar refractivity (Wildman–Crippen MR) is 120 cm³/mol. The maximum atomic E-state index is 11.4. The van der Waals surface area contributed by atoms with Crippen molar-refractivity contribution >= 4 is 58.0 Å². The summed E-state index contributed by atoms with van der Waals surface area (Å²) in [6.07, 6.45) is -0.812. The van der Waals surface area contributed by atoms with Crippen molar-refractivity contribution < 1.29 is 67.1 Å². The van der Waals surface area contributed by atoms with Crippen molar-refractivity contribution in [3.05, 3.63) is 47.5 Å². The van der Waals surface area contributed by atoms with Crippen LogP contribution in [0.1, 0.15) is 17.5 Å². The summed E-state index contributed by atoms with van der Waals surface area (Å²) < 4.78 is 90.9. The summed E-state index contributed by atoms with van der Waals surface area (Å²) in [5.41, 5.74) is 1.00. The summed E-state index contributed by atoms with van der Waals surface area (Å²) in [7, 11) is -6.24. The molecule has 11 nitrogen and oxygen atoms in total. The van der Waals surface area contributed by atoms with Crippen molar-refractivity contribution in [2.24, 2.45) is 0 Å². The minimum absolute atomic E-state index is 0. The summed E-state index contributed by atoms with van der Waals surface area (Å²) in [6.45, 7) is 0. The Bertz CT molecular complexity index is 1160. The van der Waals surface area contributed by atoms with Gasteiger partial charge < -0.3 is 28.4 Å². The van der Waals surface area contributed by atoms with E-state index in [0.29, 0.717) is 17.5 Å². The van der Waals surface area contributed by atoms with E-state index < -0.39 is 37.8 Å². The van der Waals surface area contributed by atoms with Crippen LogP contribution in [0.4, 0.5) is 0 Å². The second-order valence-corrected chi connectivity index (χ2v) is 9.96. The van der Waals surface area contributed by atoms with E-state index in [-0.39, 0.29) is 91.8 Å². The van der Waals surface area contributed by atoms with Crippen molar-refractivity contribution in [2.75, 3.05) is 25.7 Å². The number of aromatic hydroxyl groups is 1. The minimum atomic E-state index is -4.66. The van der Waals surface area contributed by atoms with Crippen LogP contribution < -0.4 is 14.2 Å². The summed E-state index contributed by atoms with van der Waals surface area (Å²) in [5.74, 6) is -0.966. The first kappa shape index (κ1) is 34.1. The molecule has 2 aromatic carbocycles. The zero-order chi connectivity index (χ0) is 25.9. The zero-order valence-electron chi connectivity index (χ0n) is 19.3. The Morgan fingerprint density at radius 3 is 2.11 bits per heavy atom. The molecule has 1 unspecified atom stereocenters. The van der Waals surface area contributed by atoms with Crippen LogP contribution >= 0.6 is 0 Å². The van der Waals surface area contributed by atoms with Crippen molar-refractivity contribution in [1.29, 1.82) is 0 Å². The predicted octanol–water partition coefficient (Wildman–Crippen LogP) is 0.920. The van der Waals surface area contributed by atoms with E-state index in [1.54, 1.807) is 24.3 Å². The molecular formula is C20H24CaO11S2Zn. The average Bonchev–Trinajstić information content (AvgIpc) is 2.75. The quantitative estimate of drug-likeness (QED) is 0.267. The van der Waals surface area contributed by atoms with E-state index in [0.717, 1.165) is 0 Å². The molecule has 15 heteroatoms. The molecular weight excluding hydrogens is 586 g/mol. The van der Waals surface area contributed by atoms with Gasteiger partial charge in [0.15, 0.2) is 23.0 Å². The van der Waals surface area contributed by atoms with E-state index in [1.807, 2.05) is 0 Å². The molecule has 0 spiro atoms. The van der Waals surface area contributed by atoms with Crippen molar-refractivity contribution in [3.8, 4) is 23.0 Å². The first-order valence-electron chi connectivity index (χ1n) is 9.76. The molecule has 186 valence electrons. The number of rotatable bonds is 12. The molecule has 0 aliphatic heterocycles. The van der Waals surface area contributed by atoms with Gasteiger partial charge in [-0.1, -0.05) is 18.2 Å². The molecule has 0 aromatic heterocycles. The molecule has 1 N–H and O–H groups in total. The van der Waals surface area contributed by atoms with Crippen LogP contribution in [0.5, 0.6) is 23.0 Å². The Hall–Kier alpha value is -0.857. The van der Waals surface area contributed by atoms with Gasteiger partial charge in [0.25, 0.3) is 0 Å². The van der Waals surface area contributed by atoms with Crippen LogP contribution in [0.15, 0.2) is 36.4 Å². The Labute approximate surface area is 244 Å². The van der Waals surface area contributed by atoms with Crippen LogP contribution in [0.2, 0.25) is 0 Å². The number of hydrogen-bond acceptors (Lipinski definition) is 11. The summed E-state index contributed by atoms with van der Waals surface area (Å²) in [6, 6.07) is 9.36. The summed E-state index contributed by atoms with van der Waals surface area (Å²) in [4.78, 5) is 0. The second-order valence-electron chi connectivity index (χ2n) is 6.99. The number of para-hydroxylation sites is 1. The van der Waals surface area contributed by atoms with Crippen LogP contribution in [-0.2, 0) is 54.9 Å². The third-order valence-electron chi connectivity index (χ3n) is 4.52. The zero-order valence-corrected chi connectivity index (χ0v) is 26.1. The molecule has 0 aliphatic rings. The van der Waals surface area contributed by atoms with Gasteiger partial charge in [0.05, 0.1) is 40.2 Å². The van der Waals surface area contributed by atoms with Crippen LogP contribution in [0, 0.1) is 0 Å². The Morgan fingerprint density at radius 2 is 1.57 bits per heavy atom. The molecule has 0 amide bonds. The van der Waals surface area contributed by atoms with Gasteiger partial charge >= 0.3 is 59.6 Å². The maximum absolute atomic E-state index is 11.4. The monoisotopic (exact) mass is 608 g/mol. The second kappa shape index (κ2) is 16.1. The molecule has 2 rings (SSSR count). The van der Waals surface area contributed by atoms with Crippen LogP contribution in [-0.4, -0.2) is 101 Å². The van der Waals surface area contributed by atoms with Gasteiger partial charge in [-0.2, -0.15) is 0 Å². The van der Waals surface area contributed by atoms with E-state index in [1.165, 1.54) is 26.4 Å². The fraction of sp³-hybridized carbons (Fsp3) is 0.400. The Morgan fingerprint density at radius 1 is 0.943 bits per heavy atom. The third-order valence-corrected chi connectivity index (χ3v) is 6.09. The van der Waals surface area contributed by atoms with E-state index >= 15 is 0 Å². The number of aryl methyl sites for hydroxylation is 1. The molecule has 0 bridgehead atoms. The molecule has 0 aliphatic carbocycles. The molecule has 0 saturated carbocycles. The van der Waals surface area contributed by atoms with Crippen molar-refractivity contribution in [1.82, 2.24) is 0 Å². The fourth-order valence-electron chi connectivity index (χ4n) is 3.10. The number of ether oxygens (including phenoxy) is 3. The van der Waals surface area contributed by atoms with Gasteiger partial charge in [0.1, 0.15) is 6.10 Å².